The molecule has 1 aromatic heterocycles. The van der Waals surface area contributed by atoms with Gasteiger partial charge in [0.25, 0.3) is 0 Å². The molecule has 0 aliphatic rings. The minimum absolute atomic E-state index is 0.0194. The maximum Gasteiger partial charge on any atom is 0.338 e. The van der Waals surface area contributed by atoms with Crippen molar-refractivity contribution in [1.82, 2.24) is 9.13 Å². The van der Waals surface area contributed by atoms with E-state index in [4.69, 9.17) is 10.1 Å². The van der Waals surface area contributed by atoms with Crippen LogP contribution in [0.1, 0.15) is 85.9 Å². The van der Waals surface area contributed by atoms with Crippen molar-refractivity contribution in [3.05, 3.63) is 82.2 Å². The fourth-order valence-electron chi connectivity index (χ4n) is 4.06. The van der Waals surface area contributed by atoms with Gasteiger partial charge in [-0.2, -0.15) is 0 Å². The third-order valence-corrected chi connectivity index (χ3v) is 6.15. The van der Waals surface area contributed by atoms with Gasteiger partial charge in [0, 0.05) is 29.1 Å². The van der Waals surface area contributed by atoms with Crippen LogP contribution >= 0.6 is 0 Å². The van der Waals surface area contributed by atoms with E-state index < -0.39 is 0 Å². The van der Waals surface area contributed by atoms with Crippen molar-refractivity contribution in [3.63, 3.8) is 0 Å². The minimum atomic E-state index is -0.360. The zero-order valence-corrected chi connectivity index (χ0v) is 22.3. The second-order valence-corrected chi connectivity index (χ2v) is 11.1. The van der Waals surface area contributed by atoms with Crippen LogP contribution in [0.25, 0.3) is 0 Å². The molecule has 0 aliphatic carbocycles. The van der Waals surface area contributed by atoms with Crippen molar-refractivity contribution in [3.8, 4) is 5.75 Å². The van der Waals surface area contributed by atoms with Crippen LogP contribution in [0.4, 0.5) is 0 Å². The van der Waals surface area contributed by atoms with Crippen LogP contribution in [0.3, 0.4) is 0 Å². The highest BCUT2D eigenvalue weighted by Gasteiger charge is 2.28. The average molecular weight is 492 g/mol. The lowest BCUT2D eigenvalue weighted by Gasteiger charge is -2.28. The molecular weight excluding hydrogens is 454 g/mol. The highest BCUT2D eigenvalue weighted by molar-refractivity contribution is 5.96. The van der Waals surface area contributed by atoms with Gasteiger partial charge in [0.1, 0.15) is 5.75 Å². The van der Waals surface area contributed by atoms with Gasteiger partial charge in [0.15, 0.2) is 5.78 Å². The Bertz CT molecular complexity index is 1280. The lowest BCUT2D eigenvalue weighted by molar-refractivity contribution is 0.0526. The van der Waals surface area contributed by atoms with Gasteiger partial charge in [-0.15, -0.1) is 0 Å². The van der Waals surface area contributed by atoms with Crippen LogP contribution < -0.4 is 5.62 Å². The molecule has 36 heavy (non-hydrogen) atoms. The molecule has 0 aliphatic heterocycles. The van der Waals surface area contributed by atoms with E-state index in [1.165, 1.54) is 0 Å². The number of carbonyl (C=O) groups excluding carboxylic acids is 2. The van der Waals surface area contributed by atoms with Crippen molar-refractivity contribution in [1.29, 1.82) is 5.41 Å². The highest BCUT2D eigenvalue weighted by atomic mass is 16.5. The molecule has 2 aromatic carbocycles. The monoisotopic (exact) mass is 491 g/mol. The van der Waals surface area contributed by atoms with E-state index in [0.717, 1.165) is 16.7 Å². The summed E-state index contributed by atoms with van der Waals surface area (Å²) < 4.78 is 8.36. The number of ketones is 1. The third-order valence-electron chi connectivity index (χ3n) is 6.15. The number of Topliss-reactive ketones (excluding diaryl/α,β-unsaturated/α-hetero) is 1. The summed E-state index contributed by atoms with van der Waals surface area (Å²) in [5.74, 6) is -0.248. The molecule has 0 atom stereocenters. The van der Waals surface area contributed by atoms with E-state index in [1.54, 1.807) is 52.7 Å². The van der Waals surface area contributed by atoms with E-state index in [1.807, 2.05) is 53.7 Å². The topological polar surface area (TPSA) is 97.3 Å². The maximum atomic E-state index is 13.3. The molecule has 7 heteroatoms. The number of aromatic nitrogens is 2. The second-order valence-electron chi connectivity index (χ2n) is 11.1. The van der Waals surface area contributed by atoms with Crippen LogP contribution in [0.2, 0.25) is 0 Å². The number of aromatic hydroxyl groups is 1. The molecule has 0 radical (unpaired) electrons. The Balaban J connectivity index is 1.84. The van der Waals surface area contributed by atoms with Gasteiger partial charge >= 0.3 is 5.97 Å². The number of nitrogens with one attached hydrogen (secondary N) is 1. The van der Waals surface area contributed by atoms with Gasteiger partial charge in [-0.1, -0.05) is 53.7 Å². The number of phenolic OH excluding ortho intramolecular Hbond substituents is 1. The molecule has 0 bridgehead atoms. The molecule has 0 fully saturated rings. The number of imidazole rings is 1. The van der Waals surface area contributed by atoms with E-state index >= 15 is 0 Å². The van der Waals surface area contributed by atoms with Crippen LogP contribution in [0.5, 0.6) is 5.75 Å². The Labute approximate surface area is 212 Å². The van der Waals surface area contributed by atoms with Gasteiger partial charge in [0.2, 0.25) is 5.62 Å². The number of rotatable bonds is 7. The minimum Gasteiger partial charge on any atom is -0.507 e. The summed E-state index contributed by atoms with van der Waals surface area (Å²) >= 11 is 0. The standard InChI is InChI=1S/C29H37N3O4/c1-8-36-26(35)20-11-9-19(10-12-20)17-31-13-14-32(27(31)30)18-24(33)21-15-22(28(2,3)4)25(34)23(16-21)29(5,6)7/h9-16,30,34H,8,17-18H2,1-7H3. The summed E-state index contributed by atoms with van der Waals surface area (Å²) in [6, 6.07) is 10.6. The van der Waals surface area contributed by atoms with Gasteiger partial charge in [-0.25, -0.2) is 4.79 Å². The fraction of sp³-hybridized carbons (Fsp3) is 0.414. The normalized spacial score (nSPS) is 12.0. The zero-order valence-electron chi connectivity index (χ0n) is 22.3. The van der Waals surface area contributed by atoms with Crippen molar-refractivity contribution in [2.75, 3.05) is 6.61 Å². The number of carbonyl (C=O) groups is 2. The number of nitrogens with zero attached hydrogens (tertiary/aromatic N) is 2. The lowest BCUT2D eigenvalue weighted by atomic mass is 9.78. The first-order valence-corrected chi connectivity index (χ1v) is 12.2. The lowest BCUT2D eigenvalue weighted by Crippen LogP contribution is -2.27. The van der Waals surface area contributed by atoms with Crippen molar-refractivity contribution < 1.29 is 19.4 Å². The van der Waals surface area contributed by atoms with Crippen LogP contribution in [-0.4, -0.2) is 32.6 Å². The molecular formula is C29H37N3O4. The molecule has 2 N–H and O–H groups in total. The summed E-state index contributed by atoms with van der Waals surface area (Å²) in [6.07, 6.45) is 3.50. The molecule has 0 saturated heterocycles. The first kappa shape index (κ1) is 27.0. The molecule has 192 valence electrons. The van der Waals surface area contributed by atoms with Crippen LogP contribution in [0, 0.1) is 5.41 Å². The average Bonchev–Trinajstić information content (AvgIpc) is 3.11. The smallest absolute Gasteiger partial charge is 0.338 e. The Morgan fingerprint density at radius 1 is 0.889 bits per heavy atom. The summed E-state index contributed by atoms with van der Waals surface area (Å²) in [5.41, 5.74) is 2.93. The summed E-state index contributed by atoms with van der Waals surface area (Å²) in [5, 5.41) is 19.5. The predicted octanol–water partition coefficient (Wildman–Crippen LogP) is 5.18. The van der Waals surface area contributed by atoms with Gasteiger partial charge in [-0.3, -0.25) is 10.2 Å². The highest BCUT2D eigenvalue weighted by Crippen LogP contribution is 2.39. The number of hydrogen-bond donors (Lipinski definition) is 2. The van der Waals surface area contributed by atoms with Crippen LogP contribution in [-0.2, 0) is 28.7 Å². The maximum absolute atomic E-state index is 13.3. The number of hydrogen-bond acceptors (Lipinski definition) is 5. The fourth-order valence-corrected chi connectivity index (χ4v) is 4.06. The molecule has 0 saturated carbocycles. The van der Waals surface area contributed by atoms with Gasteiger partial charge in [0.05, 0.1) is 25.3 Å². The van der Waals surface area contributed by atoms with E-state index in [-0.39, 0.29) is 40.5 Å². The molecule has 3 aromatic rings. The first-order chi connectivity index (χ1) is 16.7. The zero-order chi connectivity index (χ0) is 26.8. The van der Waals surface area contributed by atoms with Crippen molar-refractivity contribution in [2.24, 2.45) is 0 Å². The SMILES string of the molecule is CCOC(=O)c1ccc(Cn2ccn(CC(=O)c3cc(C(C)(C)C)c(O)c(C(C)(C)C)c3)c2=N)cc1. The molecule has 7 nitrogen and oxygen atoms in total. The molecule has 1 heterocycles. The first-order valence-electron chi connectivity index (χ1n) is 12.2. The Morgan fingerprint density at radius 2 is 1.42 bits per heavy atom. The molecule has 3 rings (SSSR count). The van der Waals surface area contributed by atoms with Gasteiger partial charge in [-0.05, 0) is 47.6 Å². The van der Waals surface area contributed by atoms with Gasteiger partial charge < -0.3 is 19.0 Å². The third kappa shape index (κ3) is 5.96. The van der Waals surface area contributed by atoms with E-state index in [2.05, 4.69) is 0 Å². The van der Waals surface area contributed by atoms with E-state index in [9.17, 15) is 14.7 Å². The summed E-state index contributed by atoms with van der Waals surface area (Å²) in [4.78, 5) is 25.2. The Kier molecular flexibility index (Phi) is 7.62. The number of ether oxygens (including phenoxy) is 1. The largest absolute Gasteiger partial charge is 0.507 e. The molecule has 0 unspecified atom stereocenters. The number of phenols is 1. The molecule has 0 spiro atoms. The van der Waals surface area contributed by atoms with Crippen molar-refractivity contribution in [2.45, 2.75) is 72.4 Å². The second kappa shape index (κ2) is 10.2. The predicted molar refractivity (Wildman–Crippen MR) is 140 cm³/mol. The Morgan fingerprint density at radius 3 is 1.92 bits per heavy atom. The molecule has 0 amide bonds. The quantitative estimate of drug-likeness (QED) is 0.352. The number of benzene rings is 2. The summed E-state index contributed by atoms with van der Waals surface area (Å²) in [7, 11) is 0. The van der Waals surface area contributed by atoms with Crippen molar-refractivity contribution >= 4 is 11.8 Å². The van der Waals surface area contributed by atoms with E-state index in [0.29, 0.717) is 24.3 Å². The Hall–Kier alpha value is -3.61. The van der Waals surface area contributed by atoms with Crippen LogP contribution in [0.15, 0.2) is 48.8 Å². The summed E-state index contributed by atoms with van der Waals surface area (Å²) in [6.45, 7) is 14.6. The number of esters is 1.